The molecule has 1 fully saturated rings. The number of hydrogen-bond acceptors (Lipinski definition) is 6. The van der Waals surface area contributed by atoms with Crippen LogP contribution in [0.15, 0.2) is 0 Å². The lowest BCUT2D eigenvalue weighted by molar-refractivity contribution is -0.162. The molecule has 7 nitrogen and oxygen atoms in total. The van der Waals surface area contributed by atoms with Gasteiger partial charge in [-0.1, -0.05) is 0 Å². The van der Waals surface area contributed by atoms with E-state index in [1.807, 2.05) is 0 Å². The first-order valence-electron chi connectivity index (χ1n) is 6.94. The van der Waals surface area contributed by atoms with E-state index in [-0.39, 0.29) is 19.4 Å². The van der Waals surface area contributed by atoms with Crippen LogP contribution < -0.4 is 0 Å². The third-order valence-corrected chi connectivity index (χ3v) is 3.10. The van der Waals surface area contributed by atoms with Gasteiger partial charge in [-0.05, 0) is 27.2 Å². The number of rotatable bonds is 4. The number of hydrogen-bond donors (Lipinski definition) is 0. The summed E-state index contributed by atoms with van der Waals surface area (Å²) < 4.78 is 20.5. The normalized spacial score (nSPS) is 22.8. The number of esters is 1. The van der Waals surface area contributed by atoms with E-state index in [2.05, 4.69) is 0 Å². The van der Waals surface area contributed by atoms with Crippen LogP contribution in [0.3, 0.4) is 0 Å². The van der Waals surface area contributed by atoms with E-state index in [0.717, 1.165) is 0 Å². The molecule has 0 bridgehead atoms. The van der Waals surface area contributed by atoms with Crippen LogP contribution in [0.25, 0.3) is 0 Å². The highest BCUT2D eigenvalue weighted by molar-refractivity contribution is 5.75. The minimum Gasteiger partial charge on any atom is -0.469 e. The number of amides is 1. The molecule has 7 heteroatoms. The number of carbonyl (C=O) groups excluding carboxylic acids is 2. The van der Waals surface area contributed by atoms with Crippen molar-refractivity contribution in [2.75, 3.05) is 34.1 Å². The second-order valence-corrected chi connectivity index (χ2v) is 5.96. The zero-order valence-corrected chi connectivity index (χ0v) is 13.4. The fraction of sp³-hybridized carbons (Fsp3) is 0.857. The predicted octanol–water partition coefficient (Wildman–Crippen LogP) is 1.41. The van der Waals surface area contributed by atoms with E-state index in [1.165, 1.54) is 19.1 Å². The van der Waals surface area contributed by atoms with E-state index in [9.17, 15) is 9.59 Å². The van der Waals surface area contributed by atoms with Gasteiger partial charge in [-0.15, -0.1) is 0 Å². The lowest BCUT2D eigenvalue weighted by Gasteiger charge is -2.37. The van der Waals surface area contributed by atoms with Crippen LogP contribution in [0.5, 0.6) is 0 Å². The molecular formula is C14H25NO6. The van der Waals surface area contributed by atoms with Crippen molar-refractivity contribution in [1.82, 2.24) is 4.90 Å². The Morgan fingerprint density at radius 1 is 1.24 bits per heavy atom. The second-order valence-electron chi connectivity index (χ2n) is 5.96. The van der Waals surface area contributed by atoms with Crippen molar-refractivity contribution in [3.05, 3.63) is 0 Å². The van der Waals surface area contributed by atoms with Gasteiger partial charge >= 0.3 is 12.1 Å². The van der Waals surface area contributed by atoms with E-state index < -0.39 is 23.6 Å². The van der Waals surface area contributed by atoms with Gasteiger partial charge in [0, 0.05) is 20.2 Å². The first kappa shape index (κ1) is 17.7. The third kappa shape index (κ3) is 5.51. The van der Waals surface area contributed by atoms with Crippen molar-refractivity contribution >= 4 is 12.1 Å². The van der Waals surface area contributed by atoms with Gasteiger partial charge < -0.3 is 23.8 Å². The van der Waals surface area contributed by atoms with Gasteiger partial charge in [-0.3, -0.25) is 4.79 Å². The first-order chi connectivity index (χ1) is 9.78. The molecule has 122 valence electrons. The fourth-order valence-electron chi connectivity index (χ4n) is 2.16. The summed E-state index contributed by atoms with van der Waals surface area (Å²) in [5.74, 6) is -0.934. The lowest BCUT2D eigenvalue weighted by atomic mass is 9.95. The summed E-state index contributed by atoms with van der Waals surface area (Å²) >= 11 is 0. The summed E-state index contributed by atoms with van der Waals surface area (Å²) in [7, 11) is 2.84. The third-order valence-electron chi connectivity index (χ3n) is 3.10. The molecule has 1 rings (SSSR count). The van der Waals surface area contributed by atoms with Gasteiger partial charge in [-0.25, -0.2) is 4.79 Å². The predicted molar refractivity (Wildman–Crippen MR) is 74.7 cm³/mol. The number of likely N-dealkylation sites (tertiary alicyclic amines) is 1. The Labute approximate surface area is 125 Å². The molecule has 0 spiro atoms. The van der Waals surface area contributed by atoms with Crippen molar-refractivity contribution in [3.63, 3.8) is 0 Å². The molecule has 1 aliphatic heterocycles. The second kappa shape index (κ2) is 7.61. The van der Waals surface area contributed by atoms with Gasteiger partial charge in [0.05, 0.1) is 13.2 Å². The van der Waals surface area contributed by atoms with Crippen molar-refractivity contribution in [2.45, 2.75) is 38.9 Å². The summed E-state index contributed by atoms with van der Waals surface area (Å²) in [5, 5.41) is 0. The molecule has 1 heterocycles. The monoisotopic (exact) mass is 303 g/mol. The maximum atomic E-state index is 12.1. The number of piperidine rings is 1. The molecule has 1 aliphatic rings. The summed E-state index contributed by atoms with van der Waals surface area (Å²) in [6.07, 6.45) is -0.222. The van der Waals surface area contributed by atoms with Crippen LogP contribution in [0.1, 0.15) is 27.2 Å². The number of carbonyl (C=O) groups is 2. The first-order valence-corrected chi connectivity index (χ1v) is 6.94. The highest BCUT2D eigenvalue weighted by Crippen LogP contribution is 2.23. The van der Waals surface area contributed by atoms with Crippen LogP contribution in [0.2, 0.25) is 0 Å². The Bertz CT molecular complexity index is 365. The lowest BCUT2D eigenvalue weighted by Crippen LogP contribution is -2.51. The average molecular weight is 303 g/mol. The minimum atomic E-state index is -0.568. The molecule has 2 atom stereocenters. The average Bonchev–Trinajstić information content (AvgIpc) is 2.42. The SMILES string of the molecule is COCO[C@H]1CCN(C(=O)OC(C)(C)C)C[C@H]1C(=O)OC. The highest BCUT2D eigenvalue weighted by Gasteiger charge is 2.38. The Balaban J connectivity index is 2.69. The standard InChI is InChI=1S/C14H25NO6/c1-14(2,3)21-13(17)15-7-6-11(20-9-18-4)10(8-15)12(16)19-5/h10-11H,6-9H2,1-5H3/t10-,11+/m1/s1. The summed E-state index contributed by atoms with van der Waals surface area (Å²) in [5.41, 5.74) is -0.568. The van der Waals surface area contributed by atoms with Gasteiger partial charge in [0.25, 0.3) is 0 Å². The molecule has 0 radical (unpaired) electrons. The minimum absolute atomic E-state index is 0.102. The summed E-state index contributed by atoms with van der Waals surface area (Å²) in [4.78, 5) is 25.5. The van der Waals surface area contributed by atoms with Crippen molar-refractivity contribution in [1.29, 1.82) is 0 Å². The van der Waals surface area contributed by atoms with Crippen molar-refractivity contribution in [2.24, 2.45) is 5.92 Å². The topological polar surface area (TPSA) is 74.3 Å². The highest BCUT2D eigenvalue weighted by atomic mass is 16.7. The Kier molecular flexibility index (Phi) is 6.42. The molecule has 0 N–H and O–H groups in total. The summed E-state index contributed by atoms with van der Waals surface area (Å²) in [6, 6.07) is 0. The fourth-order valence-corrected chi connectivity index (χ4v) is 2.16. The maximum Gasteiger partial charge on any atom is 0.410 e. The van der Waals surface area contributed by atoms with Crippen LogP contribution in [0.4, 0.5) is 4.79 Å². The Hall–Kier alpha value is -1.34. The Morgan fingerprint density at radius 2 is 1.90 bits per heavy atom. The van der Waals surface area contributed by atoms with Gasteiger partial charge in [0.15, 0.2) is 0 Å². The molecular weight excluding hydrogens is 278 g/mol. The quantitative estimate of drug-likeness (QED) is 0.577. The van der Waals surface area contributed by atoms with Crippen molar-refractivity contribution in [3.8, 4) is 0 Å². The van der Waals surface area contributed by atoms with Gasteiger partial charge in [0.2, 0.25) is 0 Å². The smallest absolute Gasteiger partial charge is 0.410 e. The number of nitrogens with zero attached hydrogens (tertiary/aromatic N) is 1. The largest absolute Gasteiger partial charge is 0.469 e. The molecule has 0 aromatic carbocycles. The van der Waals surface area contributed by atoms with E-state index in [0.29, 0.717) is 13.0 Å². The summed E-state index contributed by atoms with van der Waals surface area (Å²) in [6.45, 7) is 6.20. The zero-order valence-electron chi connectivity index (χ0n) is 13.4. The molecule has 0 aliphatic carbocycles. The number of ether oxygens (including phenoxy) is 4. The van der Waals surface area contributed by atoms with Gasteiger partial charge in [0.1, 0.15) is 18.3 Å². The van der Waals surface area contributed by atoms with Gasteiger partial charge in [-0.2, -0.15) is 0 Å². The maximum absolute atomic E-state index is 12.1. The van der Waals surface area contributed by atoms with E-state index in [4.69, 9.17) is 18.9 Å². The molecule has 0 aromatic heterocycles. The molecule has 0 unspecified atom stereocenters. The van der Waals surface area contributed by atoms with Crippen LogP contribution in [0, 0.1) is 5.92 Å². The molecule has 21 heavy (non-hydrogen) atoms. The molecule has 1 amide bonds. The van der Waals surface area contributed by atoms with Crippen LogP contribution in [-0.2, 0) is 23.7 Å². The van der Waals surface area contributed by atoms with E-state index in [1.54, 1.807) is 20.8 Å². The van der Waals surface area contributed by atoms with Crippen LogP contribution >= 0.6 is 0 Å². The van der Waals surface area contributed by atoms with Crippen LogP contribution in [-0.4, -0.2) is 62.8 Å². The Morgan fingerprint density at radius 3 is 2.43 bits per heavy atom. The van der Waals surface area contributed by atoms with Crippen molar-refractivity contribution < 1.29 is 28.5 Å². The molecule has 0 aromatic rings. The zero-order chi connectivity index (χ0) is 16.0. The molecule has 0 saturated carbocycles. The van der Waals surface area contributed by atoms with E-state index >= 15 is 0 Å². The number of methoxy groups -OCH3 is 2. The molecule has 1 saturated heterocycles.